The standard InChI is InChI=1S/C25H20ClN3O4/c1-32-23-14-17(13-18(15-27)25(31)28-19-7-3-2-4-8-19)11-12-22(23)33-16-24(30)29-21-10-6-5-9-20(21)26/h2-14H,16H2,1H3,(H,28,31)(H,29,30)/b18-13+. The van der Waals surface area contributed by atoms with Crippen molar-refractivity contribution in [1.29, 1.82) is 5.26 Å². The first kappa shape index (κ1) is 23.4. The highest BCUT2D eigenvalue weighted by Crippen LogP contribution is 2.29. The number of benzene rings is 3. The van der Waals surface area contributed by atoms with Crippen LogP contribution in [0.25, 0.3) is 6.08 Å². The third-order valence-corrected chi connectivity index (χ3v) is 4.73. The number of para-hydroxylation sites is 2. The van der Waals surface area contributed by atoms with Gasteiger partial charge in [-0.15, -0.1) is 0 Å². The molecule has 0 spiro atoms. The van der Waals surface area contributed by atoms with Crippen LogP contribution in [0.3, 0.4) is 0 Å². The van der Waals surface area contributed by atoms with Gasteiger partial charge < -0.3 is 20.1 Å². The zero-order valence-corrected chi connectivity index (χ0v) is 18.4. The second-order valence-corrected chi connectivity index (χ2v) is 7.12. The monoisotopic (exact) mass is 461 g/mol. The molecule has 0 saturated heterocycles. The van der Waals surface area contributed by atoms with Crippen LogP contribution in [0.5, 0.6) is 11.5 Å². The molecule has 2 N–H and O–H groups in total. The number of hydrogen-bond acceptors (Lipinski definition) is 5. The van der Waals surface area contributed by atoms with Crippen LogP contribution in [0.4, 0.5) is 11.4 Å². The number of hydrogen-bond donors (Lipinski definition) is 2. The Morgan fingerprint density at radius 1 is 1.00 bits per heavy atom. The fourth-order valence-corrected chi connectivity index (χ4v) is 3.00. The maximum absolute atomic E-state index is 12.4. The molecule has 0 saturated carbocycles. The Balaban J connectivity index is 1.68. The lowest BCUT2D eigenvalue weighted by Gasteiger charge is -2.12. The van der Waals surface area contributed by atoms with Gasteiger partial charge in [-0.3, -0.25) is 9.59 Å². The summed E-state index contributed by atoms with van der Waals surface area (Å²) in [5.74, 6) is -0.246. The van der Waals surface area contributed by atoms with Gasteiger partial charge in [0.15, 0.2) is 18.1 Å². The van der Waals surface area contributed by atoms with Crippen molar-refractivity contribution in [2.24, 2.45) is 0 Å². The second-order valence-electron chi connectivity index (χ2n) is 6.72. The van der Waals surface area contributed by atoms with E-state index in [9.17, 15) is 14.9 Å². The predicted molar refractivity (Wildman–Crippen MR) is 127 cm³/mol. The van der Waals surface area contributed by atoms with Crippen molar-refractivity contribution < 1.29 is 19.1 Å². The Hall–Kier alpha value is -4.28. The van der Waals surface area contributed by atoms with Gasteiger partial charge in [0.1, 0.15) is 11.6 Å². The van der Waals surface area contributed by atoms with Crippen LogP contribution in [-0.2, 0) is 9.59 Å². The normalized spacial score (nSPS) is 10.6. The molecule has 0 radical (unpaired) electrons. The third kappa shape index (κ3) is 6.60. The Labute approximate surface area is 196 Å². The first-order valence-corrected chi connectivity index (χ1v) is 10.2. The van der Waals surface area contributed by atoms with Gasteiger partial charge in [-0.1, -0.05) is 48.0 Å². The summed E-state index contributed by atoms with van der Waals surface area (Å²) in [6.07, 6.45) is 1.44. The van der Waals surface area contributed by atoms with Gasteiger partial charge in [0.2, 0.25) is 0 Å². The number of ether oxygens (including phenoxy) is 2. The number of nitriles is 1. The minimum absolute atomic E-state index is 0.0753. The van der Waals surface area contributed by atoms with E-state index in [2.05, 4.69) is 10.6 Å². The van der Waals surface area contributed by atoms with E-state index >= 15 is 0 Å². The van der Waals surface area contributed by atoms with Crippen molar-refractivity contribution in [1.82, 2.24) is 0 Å². The number of nitrogens with one attached hydrogen (secondary N) is 2. The maximum Gasteiger partial charge on any atom is 0.266 e. The summed E-state index contributed by atoms with van der Waals surface area (Å²) >= 11 is 6.04. The van der Waals surface area contributed by atoms with Gasteiger partial charge in [-0.05, 0) is 48.0 Å². The number of rotatable bonds is 8. The Morgan fingerprint density at radius 2 is 1.73 bits per heavy atom. The Kier molecular flexibility index (Phi) is 8.06. The minimum atomic E-state index is -0.528. The molecular weight excluding hydrogens is 442 g/mol. The van der Waals surface area contributed by atoms with E-state index in [4.69, 9.17) is 21.1 Å². The minimum Gasteiger partial charge on any atom is -0.493 e. The molecule has 0 aliphatic carbocycles. The lowest BCUT2D eigenvalue weighted by molar-refractivity contribution is -0.118. The van der Waals surface area contributed by atoms with Crippen molar-refractivity contribution in [3.8, 4) is 17.6 Å². The van der Waals surface area contributed by atoms with E-state index in [1.165, 1.54) is 13.2 Å². The number of anilines is 2. The largest absolute Gasteiger partial charge is 0.493 e. The highest BCUT2D eigenvalue weighted by molar-refractivity contribution is 6.33. The molecule has 0 bridgehead atoms. The van der Waals surface area contributed by atoms with Gasteiger partial charge in [-0.2, -0.15) is 5.26 Å². The molecule has 33 heavy (non-hydrogen) atoms. The molecule has 0 heterocycles. The maximum atomic E-state index is 12.4. The third-order valence-electron chi connectivity index (χ3n) is 4.40. The van der Waals surface area contributed by atoms with Gasteiger partial charge in [-0.25, -0.2) is 0 Å². The predicted octanol–water partition coefficient (Wildman–Crippen LogP) is 4.91. The number of methoxy groups -OCH3 is 1. The van der Waals surface area contributed by atoms with Crippen LogP contribution < -0.4 is 20.1 Å². The van der Waals surface area contributed by atoms with E-state index in [1.807, 2.05) is 12.1 Å². The number of nitrogens with zero attached hydrogens (tertiary/aromatic N) is 1. The number of carbonyl (C=O) groups excluding carboxylic acids is 2. The van der Waals surface area contributed by atoms with Gasteiger partial charge in [0.25, 0.3) is 11.8 Å². The van der Waals surface area contributed by atoms with Crippen LogP contribution >= 0.6 is 11.6 Å². The highest BCUT2D eigenvalue weighted by atomic mass is 35.5. The van der Waals surface area contributed by atoms with E-state index < -0.39 is 11.8 Å². The van der Waals surface area contributed by atoms with Crippen LogP contribution in [0.2, 0.25) is 5.02 Å². The zero-order chi connectivity index (χ0) is 23.6. The summed E-state index contributed by atoms with van der Waals surface area (Å²) in [5, 5.41) is 15.2. The molecule has 2 amide bonds. The molecule has 0 aliphatic heterocycles. The molecular formula is C25H20ClN3O4. The van der Waals surface area contributed by atoms with Crippen LogP contribution in [-0.4, -0.2) is 25.5 Å². The van der Waals surface area contributed by atoms with Crippen molar-refractivity contribution in [2.45, 2.75) is 0 Å². The number of halogens is 1. The molecule has 3 aromatic carbocycles. The Bertz CT molecular complexity index is 1220. The molecule has 0 fully saturated rings. The second kappa shape index (κ2) is 11.4. The van der Waals surface area contributed by atoms with Crippen LogP contribution in [0.15, 0.2) is 78.4 Å². The average Bonchev–Trinajstić information content (AvgIpc) is 2.83. The highest BCUT2D eigenvalue weighted by Gasteiger charge is 2.12. The Morgan fingerprint density at radius 3 is 2.42 bits per heavy atom. The number of carbonyl (C=O) groups is 2. The summed E-state index contributed by atoms with van der Waals surface area (Å²) < 4.78 is 10.9. The fraction of sp³-hybridized carbons (Fsp3) is 0.0800. The van der Waals surface area contributed by atoms with Crippen LogP contribution in [0, 0.1) is 11.3 Å². The van der Waals surface area contributed by atoms with Crippen molar-refractivity contribution in [3.05, 3.63) is 89.0 Å². The molecule has 8 heteroatoms. The van der Waals surface area contributed by atoms with Crippen molar-refractivity contribution in [2.75, 3.05) is 24.4 Å². The quantitative estimate of drug-likeness (QED) is 0.366. The van der Waals surface area contributed by atoms with Gasteiger partial charge in [0, 0.05) is 5.69 Å². The molecule has 0 aromatic heterocycles. The molecule has 3 aromatic rings. The molecule has 166 valence electrons. The summed E-state index contributed by atoms with van der Waals surface area (Å²) in [6, 6.07) is 22.5. The SMILES string of the molecule is COc1cc(/C=C(\C#N)C(=O)Nc2ccccc2)ccc1OCC(=O)Nc1ccccc1Cl. The lowest BCUT2D eigenvalue weighted by Crippen LogP contribution is -2.20. The van der Waals surface area contributed by atoms with Gasteiger partial charge >= 0.3 is 0 Å². The summed E-state index contributed by atoms with van der Waals surface area (Å²) in [4.78, 5) is 24.6. The number of amides is 2. The van der Waals surface area contributed by atoms with E-state index in [0.717, 1.165) is 0 Å². The molecule has 0 unspecified atom stereocenters. The van der Waals surface area contributed by atoms with E-state index in [1.54, 1.807) is 66.7 Å². The first-order valence-electron chi connectivity index (χ1n) is 9.83. The summed E-state index contributed by atoms with van der Waals surface area (Å²) in [6.45, 7) is -0.264. The topological polar surface area (TPSA) is 100 Å². The van der Waals surface area contributed by atoms with Crippen molar-refractivity contribution in [3.63, 3.8) is 0 Å². The smallest absolute Gasteiger partial charge is 0.266 e. The molecule has 0 atom stereocenters. The van der Waals surface area contributed by atoms with Crippen LogP contribution in [0.1, 0.15) is 5.56 Å². The zero-order valence-electron chi connectivity index (χ0n) is 17.7. The molecule has 7 nitrogen and oxygen atoms in total. The molecule has 0 aliphatic rings. The lowest BCUT2D eigenvalue weighted by atomic mass is 10.1. The summed E-state index contributed by atoms with van der Waals surface area (Å²) in [7, 11) is 1.45. The van der Waals surface area contributed by atoms with E-state index in [-0.39, 0.29) is 12.2 Å². The summed E-state index contributed by atoms with van der Waals surface area (Å²) in [5.41, 5.74) is 1.55. The average molecular weight is 462 g/mol. The van der Waals surface area contributed by atoms with E-state index in [0.29, 0.717) is 33.5 Å². The van der Waals surface area contributed by atoms with Gasteiger partial charge in [0.05, 0.1) is 17.8 Å². The van der Waals surface area contributed by atoms with Crippen molar-refractivity contribution >= 4 is 40.9 Å². The molecule has 3 rings (SSSR count). The fourth-order valence-electron chi connectivity index (χ4n) is 2.82. The first-order chi connectivity index (χ1) is 16.0.